The lowest BCUT2D eigenvalue weighted by atomic mass is 9.99. The molecule has 1 atom stereocenters. The van der Waals surface area contributed by atoms with Crippen LogP contribution < -0.4 is 17.2 Å². The highest BCUT2D eigenvalue weighted by Crippen LogP contribution is 2.40. The van der Waals surface area contributed by atoms with Crippen LogP contribution in [-0.2, 0) is 0 Å². The summed E-state index contributed by atoms with van der Waals surface area (Å²) in [5.74, 6) is 0.650. The van der Waals surface area contributed by atoms with Crippen LogP contribution in [-0.4, -0.2) is 0 Å². The molecule has 1 unspecified atom stereocenters. The van der Waals surface area contributed by atoms with Crippen LogP contribution in [0.1, 0.15) is 30.0 Å². The van der Waals surface area contributed by atoms with E-state index in [1.54, 1.807) is 0 Å². The van der Waals surface area contributed by atoms with Gasteiger partial charge in [0.15, 0.2) is 0 Å². The zero-order valence-electron chi connectivity index (χ0n) is 8.46. The average Bonchev–Trinajstić information content (AvgIpc) is 2.95. The van der Waals surface area contributed by atoms with Crippen LogP contribution >= 0.6 is 0 Å². The van der Waals surface area contributed by atoms with E-state index in [-0.39, 0.29) is 6.04 Å². The number of hydrogen-bond acceptors (Lipinski definition) is 3. The van der Waals surface area contributed by atoms with Gasteiger partial charge in [-0.1, -0.05) is 6.07 Å². The molecule has 1 aromatic rings. The molecular formula is C11H17N3. The van der Waals surface area contributed by atoms with Gasteiger partial charge >= 0.3 is 0 Å². The molecule has 0 bridgehead atoms. The monoisotopic (exact) mass is 191 g/mol. The third kappa shape index (κ3) is 1.55. The topological polar surface area (TPSA) is 78.1 Å². The smallest absolute Gasteiger partial charge is 0.0577 e. The Kier molecular flexibility index (Phi) is 2.11. The van der Waals surface area contributed by atoms with Gasteiger partial charge in [0.25, 0.3) is 0 Å². The fraction of sp³-hybridized carbons (Fsp3) is 0.455. The van der Waals surface area contributed by atoms with Crippen molar-refractivity contribution in [3.05, 3.63) is 23.3 Å². The van der Waals surface area contributed by atoms with Gasteiger partial charge in [-0.3, -0.25) is 0 Å². The Labute approximate surface area is 84.3 Å². The Morgan fingerprint density at radius 1 is 1.29 bits per heavy atom. The van der Waals surface area contributed by atoms with Crippen molar-refractivity contribution in [1.82, 2.24) is 0 Å². The van der Waals surface area contributed by atoms with E-state index < -0.39 is 0 Å². The molecule has 2 rings (SSSR count). The molecule has 0 spiro atoms. The van der Waals surface area contributed by atoms with E-state index in [1.165, 1.54) is 12.8 Å². The Morgan fingerprint density at radius 2 is 1.93 bits per heavy atom. The fourth-order valence-electron chi connectivity index (χ4n) is 1.77. The Balaban J connectivity index is 2.34. The minimum absolute atomic E-state index is 0.136. The van der Waals surface area contributed by atoms with Gasteiger partial charge in [0, 0.05) is 6.04 Å². The van der Waals surface area contributed by atoms with Gasteiger partial charge in [-0.25, -0.2) is 0 Å². The zero-order chi connectivity index (χ0) is 10.3. The molecule has 6 N–H and O–H groups in total. The summed E-state index contributed by atoms with van der Waals surface area (Å²) in [6.45, 7) is 1.97. The second-order valence-corrected chi connectivity index (χ2v) is 4.20. The number of hydrogen-bond donors (Lipinski definition) is 3. The molecule has 76 valence electrons. The highest BCUT2D eigenvalue weighted by Gasteiger charge is 2.29. The average molecular weight is 191 g/mol. The van der Waals surface area contributed by atoms with Crippen molar-refractivity contribution < 1.29 is 0 Å². The number of nitrogen functional groups attached to an aromatic ring is 2. The van der Waals surface area contributed by atoms with Crippen LogP contribution in [0, 0.1) is 12.8 Å². The molecule has 3 nitrogen and oxygen atoms in total. The van der Waals surface area contributed by atoms with Gasteiger partial charge in [-0.05, 0) is 42.9 Å². The van der Waals surface area contributed by atoms with Crippen molar-refractivity contribution in [3.8, 4) is 0 Å². The molecule has 0 amide bonds. The van der Waals surface area contributed by atoms with E-state index in [0.29, 0.717) is 17.3 Å². The Morgan fingerprint density at radius 3 is 2.43 bits per heavy atom. The minimum atomic E-state index is 0.136. The maximum atomic E-state index is 6.09. The van der Waals surface area contributed by atoms with Crippen LogP contribution in [0.15, 0.2) is 12.1 Å². The molecule has 1 fully saturated rings. The molecule has 0 heterocycles. The summed E-state index contributed by atoms with van der Waals surface area (Å²) in [5.41, 5.74) is 21.1. The summed E-state index contributed by atoms with van der Waals surface area (Å²) in [7, 11) is 0. The highest BCUT2D eigenvalue weighted by atomic mass is 14.7. The first-order valence-electron chi connectivity index (χ1n) is 5.00. The highest BCUT2D eigenvalue weighted by molar-refractivity contribution is 5.68. The summed E-state index contributed by atoms with van der Waals surface area (Å²) >= 11 is 0. The van der Waals surface area contributed by atoms with Gasteiger partial charge in [0.05, 0.1) is 11.4 Å². The van der Waals surface area contributed by atoms with E-state index in [1.807, 2.05) is 13.0 Å². The first kappa shape index (κ1) is 9.34. The van der Waals surface area contributed by atoms with Crippen molar-refractivity contribution >= 4 is 11.4 Å². The number of anilines is 2. The van der Waals surface area contributed by atoms with Crippen molar-refractivity contribution in [2.24, 2.45) is 11.7 Å². The van der Waals surface area contributed by atoms with Gasteiger partial charge in [-0.2, -0.15) is 0 Å². The number of benzene rings is 1. The van der Waals surface area contributed by atoms with Gasteiger partial charge < -0.3 is 17.2 Å². The first-order chi connectivity index (χ1) is 6.59. The minimum Gasteiger partial charge on any atom is -0.397 e. The first-order valence-corrected chi connectivity index (χ1v) is 5.00. The lowest BCUT2D eigenvalue weighted by Gasteiger charge is -2.14. The Bertz CT molecular complexity index is 333. The quantitative estimate of drug-likeness (QED) is 0.621. The predicted molar refractivity (Wildman–Crippen MR) is 59.7 cm³/mol. The zero-order valence-corrected chi connectivity index (χ0v) is 8.46. The van der Waals surface area contributed by atoms with E-state index in [0.717, 1.165) is 11.1 Å². The second-order valence-electron chi connectivity index (χ2n) is 4.20. The number of aryl methyl sites for hydroxylation is 1. The van der Waals surface area contributed by atoms with Crippen LogP contribution in [0.5, 0.6) is 0 Å². The van der Waals surface area contributed by atoms with E-state index >= 15 is 0 Å². The summed E-state index contributed by atoms with van der Waals surface area (Å²) in [6.07, 6.45) is 2.48. The molecule has 1 aliphatic rings. The van der Waals surface area contributed by atoms with Crippen molar-refractivity contribution in [2.45, 2.75) is 25.8 Å². The van der Waals surface area contributed by atoms with E-state index in [9.17, 15) is 0 Å². The van der Waals surface area contributed by atoms with Crippen LogP contribution in [0.25, 0.3) is 0 Å². The summed E-state index contributed by atoms with van der Waals surface area (Å²) < 4.78 is 0. The van der Waals surface area contributed by atoms with Crippen LogP contribution in [0.3, 0.4) is 0 Å². The molecular weight excluding hydrogens is 174 g/mol. The van der Waals surface area contributed by atoms with Gasteiger partial charge in [-0.15, -0.1) is 0 Å². The Hall–Kier alpha value is -1.22. The summed E-state index contributed by atoms with van der Waals surface area (Å²) in [4.78, 5) is 0. The molecule has 0 aliphatic heterocycles. The molecule has 3 heteroatoms. The van der Waals surface area contributed by atoms with Crippen LogP contribution in [0.2, 0.25) is 0 Å². The molecule has 14 heavy (non-hydrogen) atoms. The van der Waals surface area contributed by atoms with Gasteiger partial charge in [0.2, 0.25) is 0 Å². The summed E-state index contributed by atoms with van der Waals surface area (Å²) in [5, 5.41) is 0. The lowest BCUT2D eigenvalue weighted by molar-refractivity contribution is 0.633. The molecule has 1 aliphatic carbocycles. The van der Waals surface area contributed by atoms with Gasteiger partial charge in [0.1, 0.15) is 0 Å². The normalized spacial score (nSPS) is 18.1. The maximum absolute atomic E-state index is 6.09. The van der Waals surface area contributed by atoms with Crippen LogP contribution in [0.4, 0.5) is 11.4 Å². The molecule has 0 aromatic heterocycles. The van der Waals surface area contributed by atoms with Crippen molar-refractivity contribution in [2.75, 3.05) is 11.5 Å². The molecule has 1 saturated carbocycles. The van der Waals surface area contributed by atoms with E-state index in [4.69, 9.17) is 17.2 Å². The molecule has 1 aromatic carbocycles. The number of rotatable bonds is 2. The SMILES string of the molecule is Cc1cc(C(N)C2CC2)cc(N)c1N. The molecule has 0 radical (unpaired) electrons. The third-order valence-electron chi connectivity index (χ3n) is 2.96. The number of nitrogens with two attached hydrogens (primary N) is 3. The second kappa shape index (κ2) is 3.17. The maximum Gasteiger partial charge on any atom is 0.0577 e. The molecule has 0 saturated heterocycles. The predicted octanol–water partition coefficient (Wildman–Crippen LogP) is 1.57. The fourth-order valence-corrected chi connectivity index (χ4v) is 1.77. The van der Waals surface area contributed by atoms with Crippen molar-refractivity contribution in [1.29, 1.82) is 0 Å². The largest absolute Gasteiger partial charge is 0.397 e. The van der Waals surface area contributed by atoms with Crippen molar-refractivity contribution in [3.63, 3.8) is 0 Å². The third-order valence-corrected chi connectivity index (χ3v) is 2.96. The summed E-state index contributed by atoms with van der Waals surface area (Å²) in [6, 6.07) is 4.09. The lowest BCUT2D eigenvalue weighted by Crippen LogP contribution is -2.13. The van der Waals surface area contributed by atoms with E-state index in [2.05, 4.69) is 6.07 Å². The standard InChI is InChI=1S/C11H17N3/c1-6-4-8(5-9(12)10(6)13)11(14)7-2-3-7/h4-5,7,11H,2-3,12-14H2,1H3.